The maximum Gasteiger partial charge on any atom is 0.128 e. The van der Waals surface area contributed by atoms with E-state index >= 15 is 0 Å². The smallest absolute Gasteiger partial charge is 0.128 e. The van der Waals surface area contributed by atoms with Gasteiger partial charge in [0.05, 0.1) is 0 Å². The first-order chi connectivity index (χ1) is 8.72. The molecule has 3 nitrogen and oxygen atoms in total. The summed E-state index contributed by atoms with van der Waals surface area (Å²) in [4.78, 5) is 7.04. The second-order valence-electron chi connectivity index (χ2n) is 5.31. The van der Waals surface area contributed by atoms with Crippen LogP contribution in [0.25, 0.3) is 0 Å². The monoisotopic (exact) mass is 247 g/mol. The molecule has 0 radical (unpaired) electrons. The van der Waals surface area contributed by atoms with Crippen LogP contribution in [-0.2, 0) is 0 Å². The van der Waals surface area contributed by atoms with Crippen LogP contribution >= 0.6 is 0 Å². The number of hydrogen-bond acceptors (Lipinski definition) is 3. The van der Waals surface area contributed by atoms with Gasteiger partial charge in [0.2, 0.25) is 0 Å². The standard InChI is InChI=1S/C15H25N3/c1-4-9-16-13(3)14-7-8-15(17-11-14)18-10-5-6-12(18)2/h7-8,11-13,16H,4-6,9-10H2,1-3H3. The van der Waals surface area contributed by atoms with Crippen molar-refractivity contribution >= 4 is 5.82 Å². The van der Waals surface area contributed by atoms with Crippen LogP contribution in [0.3, 0.4) is 0 Å². The molecule has 1 aliphatic heterocycles. The van der Waals surface area contributed by atoms with Crippen LogP contribution < -0.4 is 10.2 Å². The number of rotatable bonds is 5. The Kier molecular flexibility index (Phi) is 4.59. The fraction of sp³-hybridized carbons (Fsp3) is 0.667. The Balaban J connectivity index is 2.00. The Morgan fingerprint density at radius 2 is 2.33 bits per heavy atom. The van der Waals surface area contributed by atoms with Crippen LogP contribution in [-0.4, -0.2) is 24.1 Å². The average Bonchev–Trinajstić information content (AvgIpc) is 2.82. The van der Waals surface area contributed by atoms with Crippen molar-refractivity contribution < 1.29 is 0 Å². The molecule has 1 N–H and O–H groups in total. The Bertz CT molecular complexity index is 361. The van der Waals surface area contributed by atoms with Gasteiger partial charge in [-0.2, -0.15) is 0 Å². The second kappa shape index (κ2) is 6.19. The Hall–Kier alpha value is -1.09. The van der Waals surface area contributed by atoms with Gasteiger partial charge in [0.25, 0.3) is 0 Å². The lowest BCUT2D eigenvalue weighted by atomic mass is 10.1. The lowest BCUT2D eigenvalue weighted by Gasteiger charge is -2.23. The molecule has 2 heterocycles. The maximum absolute atomic E-state index is 4.63. The molecule has 2 rings (SSSR count). The highest BCUT2D eigenvalue weighted by Gasteiger charge is 2.21. The first kappa shape index (κ1) is 13.3. The number of nitrogens with one attached hydrogen (secondary N) is 1. The molecule has 18 heavy (non-hydrogen) atoms. The zero-order valence-corrected chi connectivity index (χ0v) is 11.8. The molecule has 1 aromatic rings. The summed E-state index contributed by atoms with van der Waals surface area (Å²) in [5.41, 5.74) is 1.28. The fourth-order valence-corrected chi connectivity index (χ4v) is 2.58. The van der Waals surface area contributed by atoms with Crippen LogP contribution in [0, 0.1) is 0 Å². The van der Waals surface area contributed by atoms with Crippen LogP contribution in [0.4, 0.5) is 5.82 Å². The lowest BCUT2D eigenvalue weighted by Crippen LogP contribution is -2.27. The van der Waals surface area contributed by atoms with Crippen LogP contribution in [0.2, 0.25) is 0 Å². The van der Waals surface area contributed by atoms with Gasteiger partial charge in [0.1, 0.15) is 5.82 Å². The summed E-state index contributed by atoms with van der Waals surface area (Å²) in [6.45, 7) is 8.89. The van der Waals surface area contributed by atoms with Crippen molar-refractivity contribution in [1.82, 2.24) is 10.3 Å². The molecule has 0 amide bonds. The van der Waals surface area contributed by atoms with Gasteiger partial charge < -0.3 is 10.2 Å². The summed E-state index contributed by atoms with van der Waals surface area (Å²) in [6, 6.07) is 5.41. The second-order valence-corrected chi connectivity index (χ2v) is 5.31. The van der Waals surface area contributed by atoms with Crippen molar-refractivity contribution in [1.29, 1.82) is 0 Å². The lowest BCUT2D eigenvalue weighted by molar-refractivity contribution is 0.569. The van der Waals surface area contributed by atoms with Crippen molar-refractivity contribution in [3.63, 3.8) is 0 Å². The molecular formula is C15H25N3. The zero-order valence-electron chi connectivity index (χ0n) is 11.8. The summed E-state index contributed by atoms with van der Waals surface area (Å²) in [5.74, 6) is 1.13. The van der Waals surface area contributed by atoms with Crippen LogP contribution in [0.15, 0.2) is 18.3 Å². The first-order valence-electron chi connectivity index (χ1n) is 7.18. The van der Waals surface area contributed by atoms with Gasteiger partial charge in [0, 0.05) is 24.8 Å². The molecule has 0 spiro atoms. The van der Waals surface area contributed by atoms with E-state index in [0.717, 1.165) is 18.9 Å². The number of pyridine rings is 1. The van der Waals surface area contributed by atoms with E-state index in [0.29, 0.717) is 12.1 Å². The van der Waals surface area contributed by atoms with Gasteiger partial charge in [-0.05, 0) is 51.3 Å². The predicted octanol–water partition coefficient (Wildman–Crippen LogP) is 3.13. The topological polar surface area (TPSA) is 28.2 Å². The Morgan fingerprint density at radius 1 is 1.50 bits per heavy atom. The van der Waals surface area contributed by atoms with E-state index in [4.69, 9.17) is 0 Å². The van der Waals surface area contributed by atoms with E-state index in [9.17, 15) is 0 Å². The summed E-state index contributed by atoms with van der Waals surface area (Å²) in [7, 11) is 0. The van der Waals surface area contributed by atoms with Crippen molar-refractivity contribution in [2.24, 2.45) is 0 Å². The number of anilines is 1. The van der Waals surface area contributed by atoms with E-state index in [1.165, 1.54) is 24.8 Å². The van der Waals surface area contributed by atoms with Crippen molar-refractivity contribution in [2.45, 2.75) is 52.1 Å². The number of nitrogens with zero attached hydrogens (tertiary/aromatic N) is 2. The Labute approximate surface area is 111 Å². The highest BCUT2D eigenvalue weighted by molar-refractivity contribution is 5.41. The predicted molar refractivity (Wildman–Crippen MR) is 77.0 cm³/mol. The van der Waals surface area contributed by atoms with E-state index in [1.807, 2.05) is 6.20 Å². The van der Waals surface area contributed by atoms with Gasteiger partial charge >= 0.3 is 0 Å². The molecule has 0 bridgehead atoms. The van der Waals surface area contributed by atoms with E-state index in [-0.39, 0.29) is 0 Å². The molecule has 1 aliphatic rings. The molecule has 1 aromatic heterocycles. The summed E-state index contributed by atoms with van der Waals surface area (Å²) >= 11 is 0. The van der Waals surface area contributed by atoms with Gasteiger partial charge in [-0.3, -0.25) is 0 Å². The van der Waals surface area contributed by atoms with Crippen LogP contribution in [0.5, 0.6) is 0 Å². The SMILES string of the molecule is CCCNC(C)c1ccc(N2CCCC2C)nc1. The van der Waals surface area contributed by atoms with Crippen molar-refractivity contribution in [2.75, 3.05) is 18.0 Å². The number of aromatic nitrogens is 1. The van der Waals surface area contributed by atoms with E-state index in [2.05, 4.69) is 48.1 Å². The molecule has 1 saturated heterocycles. The van der Waals surface area contributed by atoms with Crippen LogP contribution in [0.1, 0.15) is 51.6 Å². The van der Waals surface area contributed by atoms with Gasteiger partial charge in [-0.1, -0.05) is 13.0 Å². The minimum absolute atomic E-state index is 0.391. The van der Waals surface area contributed by atoms with Gasteiger partial charge in [0.15, 0.2) is 0 Å². The third kappa shape index (κ3) is 3.02. The summed E-state index contributed by atoms with van der Waals surface area (Å²) < 4.78 is 0. The minimum atomic E-state index is 0.391. The van der Waals surface area contributed by atoms with Crippen molar-refractivity contribution in [3.8, 4) is 0 Å². The molecule has 2 atom stereocenters. The fourth-order valence-electron chi connectivity index (χ4n) is 2.58. The molecule has 0 saturated carbocycles. The third-order valence-corrected chi connectivity index (χ3v) is 3.82. The molecule has 1 fully saturated rings. The van der Waals surface area contributed by atoms with Gasteiger partial charge in [-0.15, -0.1) is 0 Å². The molecule has 0 aliphatic carbocycles. The highest BCUT2D eigenvalue weighted by Crippen LogP contribution is 2.24. The van der Waals surface area contributed by atoms with Gasteiger partial charge in [-0.25, -0.2) is 4.98 Å². The van der Waals surface area contributed by atoms with E-state index < -0.39 is 0 Å². The minimum Gasteiger partial charge on any atom is -0.354 e. The third-order valence-electron chi connectivity index (χ3n) is 3.82. The highest BCUT2D eigenvalue weighted by atomic mass is 15.2. The summed E-state index contributed by atoms with van der Waals surface area (Å²) in [5, 5.41) is 3.49. The number of hydrogen-bond donors (Lipinski definition) is 1. The normalized spacial score (nSPS) is 21.3. The largest absolute Gasteiger partial charge is 0.354 e. The summed E-state index contributed by atoms with van der Waals surface area (Å²) in [6.07, 6.45) is 5.77. The molecule has 0 aromatic carbocycles. The quantitative estimate of drug-likeness (QED) is 0.866. The molecular weight excluding hydrogens is 222 g/mol. The zero-order chi connectivity index (χ0) is 13.0. The van der Waals surface area contributed by atoms with Crippen molar-refractivity contribution in [3.05, 3.63) is 23.9 Å². The molecule has 3 heteroatoms. The molecule has 2 unspecified atom stereocenters. The molecule has 100 valence electrons. The van der Waals surface area contributed by atoms with E-state index in [1.54, 1.807) is 0 Å². The maximum atomic E-state index is 4.63. The average molecular weight is 247 g/mol. The Morgan fingerprint density at radius 3 is 2.89 bits per heavy atom. The first-order valence-corrected chi connectivity index (χ1v) is 7.18.